The van der Waals surface area contributed by atoms with Gasteiger partial charge >= 0.3 is 11.7 Å². The summed E-state index contributed by atoms with van der Waals surface area (Å²) in [6.45, 7) is 1.91. The van der Waals surface area contributed by atoms with Gasteiger partial charge in [0.05, 0.1) is 10.6 Å². The van der Waals surface area contributed by atoms with E-state index < -0.39 is 22.1 Å². The molecule has 2 N–H and O–H groups in total. The van der Waals surface area contributed by atoms with Gasteiger partial charge in [0, 0.05) is 10.5 Å². The highest BCUT2D eigenvalue weighted by Gasteiger charge is 2.21. The molecule has 0 spiro atoms. The normalized spacial score (nSPS) is 10.2. The van der Waals surface area contributed by atoms with E-state index in [0.717, 1.165) is 22.3 Å². The maximum Gasteiger partial charge on any atom is 0.342 e. The molecule has 7 nitrogen and oxygen atoms in total. The number of nitrogens with one attached hydrogen (secondary N) is 1. The Kier molecular flexibility index (Phi) is 4.18. The van der Waals surface area contributed by atoms with E-state index in [1.165, 1.54) is 0 Å². The zero-order valence-electron chi connectivity index (χ0n) is 10.8. The number of carboxylic acids is 1. The molecule has 0 aliphatic carbocycles. The van der Waals surface area contributed by atoms with Gasteiger partial charge in [0.2, 0.25) is 0 Å². The molecule has 8 heteroatoms. The average Bonchev–Trinajstić information content (AvgIpc) is 2.42. The van der Waals surface area contributed by atoms with Crippen molar-refractivity contribution < 1.29 is 14.8 Å². The third-order valence-electron chi connectivity index (χ3n) is 2.69. The van der Waals surface area contributed by atoms with Gasteiger partial charge in [-0.25, -0.2) is 9.78 Å². The van der Waals surface area contributed by atoms with Gasteiger partial charge in [0.25, 0.3) is 0 Å². The number of hydrogen-bond acceptors (Lipinski definition) is 5. The van der Waals surface area contributed by atoms with E-state index in [-0.39, 0.29) is 5.82 Å². The number of aromatic carboxylic acids is 1. The molecule has 1 aromatic heterocycles. The van der Waals surface area contributed by atoms with E-state index >= 15 is 0 Å². The number of carboxylic acid groups (broad SMARTS) is 1. The highest BCUT2D eigenvalue weighted by Crippen LogP contribution is 2.28. The molecule has 1 aromatic carbocycles. The molecule has 21 heavy (non-hydrogen) atoms. The average molecular weight is 352 g/mol. The number of aryl methyl sites for hydroxylation is 1. The number of halogens is 1. The van der Waals surface area contributed by atoms with Crippen molar-refractivity contribution in [2.75, 3.05) is 5.32 Å². The van der Waals surface area contributed by atoms with Crippen LogP contribution in [0.3, 0.4) is 0 Å². The van der Waals surface area contributed by atoms with Crippen molar-refractivity contribution in [3.05, 3.63) is 56.2 Å². The molecular formula is C13H10BrN3O4. The molecule has 0 radical (unpaired) electrons. The number of rotatable bonds is 4. The smallest absolute Gasteiger partial charge is 0.342 e. The predicted molar refractivity (Wildman–Crippen MR) is 80.0 cm³/mol. The number of hydrogen-bond donors (Lipinski definition) is 2. The Hall–Kier alpha value is -2.48. The van der Waals surface area contributed by atoms with E-state index in [4.69, 9.17) is 5.11 Å². The van der Waals surface area contributed by atoms with Crippen LogP contribution in [0.25, 0.3) is 0 Å². The quantitative estimate of drug-likeness (QED) is 0.644. The van der Waals surface area contributed by atoms with Crippen LogP contribution in [0.2, 0.25) is 0 Å². The second-order valence-electron chi connectivity index (χ2n) is 4.26. The van der Waals surface area contributed by atoms with E-state index in [0.29, 0.717) is 5.69 Å². The summed E-state index contributed by atoms with van der Waals surface area (Å²) in [5.41, 5.74) is 0.728. The largest absolute Gasteiger partial charge is 0.477 e. The Morgan fingerprint density at radius 2 is 2.14 bits per heavy atom. The van der Waals surface area contributed by atoms with Crippen molar-refractivity contribution in [2.24, 2.45) is 0 Å². The minimum Gasteiger partial charge on any atom is -0.477 e. The third kappa shape index (κ3) is 3.34. The number of benzene rings is 1. The van der Waals surface area contributed by atoms with Crippen LogP contribution in [0.15, 0.2) is 34.9 Å². The van der Waals surface area contributed by atoms with E-state index in [1.807, 2.05) is 25.1 Å². The van der Waals surface area contributed by atoms with Crippen molar-refractivity contribution >= 4 is 39.1 Å². The maximum absolute atomic E-state index is 11.1. The van der Waals surface area contributed by atoms with Gasteiger partial charge in [-0.1, -0.05) is 6.07 Å². The Morgan fingerprint density at radius 1 is 1.43 bits per heavy atom. The molecule has 0 aliphatic heterocycles. The monoisotopic (exact) mass is 351 g/mol. The topological polar surface area (TPSA) is 105 Å². The lowest BCUT2D eigenvalue weighted by Gasteiger charge is -2.09. The van der Waals surface area contributed by atoms with Crippen molar-refractivity contribution in [3.63, 3.8) is 0 Å². The summed E-state index contributed by atoms with van der Waals surface area (Å²) in [5.74, 6) is -1.17. The summed E-state index contributed by atoms with van der Waals surface area (Å²) in [6, 6.07) is 6.71. The first-order valence-electron chi connectivity index (χ1n) is 5.79. The molecule has 2 rings (SSSR count). The van der Waals surface area contributed by atoms with E-state index in [2.05, 4.69) is 26.2 Å². The number of aromatic nitrogens is 1. The molecule has 108 valence electrons. The van der Waals surface area contributed by atoms with Crippen molar-refractivity contribution in [1.82, 2.24) is 4.98 Å². The highest BCUT2D eigenvalue weighted by atomic mass is 79.9. The first kappa shape index (κ1) is 14.9. The summed E-state index contributed by atoms with van der Waals surface area (Å²) in [7, 11) is 0. The van der Waals surface area contributed by atoms with Crippen LogP contribution < -0.4 is 5.32 Å². The highest BCUT2D eigenvalue weighted by molar-refractivity contribution is 9.10. The van der Waals surface area contributed by atoms with Crippen LogP contribution in [0, 0.1) is 17.0 Å². The molecule has 2 aromatic rings. The first-order valence-corrected chi connectivity index (χ1v) is 6.58. The first-order chi connectivity index (χ1) is 9.88. The fraction of sp³-hybridized carbons (Fsp3) is 0.0769. The van der Waals surface area contributed by atoms with Gasteiger partial charge in [-0.05, 0) is 40.5 Å². The second kappa shape index (κ2) is 5.88. The van der Waals surface area contributed by atoms with Crippen molar-refractivity contribution in [2.45, 2.75) is 6.92 Å². The minimum atomic E-state index is -1.38. The lowest BCUT2D eigenvalue weighted by molar-refractivity contribution is -0.385. The molecule has 0 bridgehead atoms. The maximum atomic E-state index is 11.1. The molecule has 0 saturated carbocycles. The molecule has 0 atom stereocenters. The summed E-state index contributed by atoms with van der Waals surface area (Å²) in [5, 5.41) is 22.7. The van der Waals surface area contributed by atoms with Gasteiger partial charge in [0.1, 0.15) is 17.6 Å². The van der Waals surface area contributed by atoms with E-state index in [9.17, 15) is 14.9 Å². The molecule has 0 saturated heterocycles. The second-order valence-corrected chi connectivity index (χ2v) is 5.11. The lowest BCUT2D eigenvalue weighted by Crippen LogP contribution is -2.05. The Bertz CT molecular complexity index is 733. The number of anilines is 2. The van der Waals surface area contributed by atoms with Crippen molar-refractivity contribution in [1.29, 1.82) is 0 Å². The number of pyridine rings is 1. The molecule has 0 unspecified atom stereocenters. The van der Waals surface area contributed by atoms with Crippen LogP contribution in [0.5, 0.6) is 0 Å². The van der Waals surface area contributed by atoms with Gasteiger partial charge in [0.15, 0.2) is 0 Å². The van der Waals surface area contributed by atoms with Crippen LogP contribution >= 0.6 is 15.9 Å². The van der Waals surface area contributed by atoms with Crippen LogP contribution in [-0.4, -0.2) is 21.0 Å². The number of nitro groups is 1. The van der Waals surface area contributed by atoms with Gasteiger partial charge in [-0.3, -0.25) is 10.1 Å². The number of carbonyl (C=O) groups is 1. The lowest BCUT2D eigenvalue weighted by atomic mass is 10.2. The summed E-state index contributed by atoms with van der Waals surface area (Å²) >= 11 is 3.36. The van der Waals surface area contributed by atoms with Crippen molar-refractivity contribution in [3.8, 4) is 0 Å². The van der Waals surface area contributed by atoms with Crippen LogP contribution in [0.1, 0.15) is 15.9 Å². The Morgan fingerprint density at radius 3 is 2.76 bits per heavy atom. The molecule has 0 aliphatic rings. The van der Waals surface area contributed by atoms with Crippen LogP contribution in [0.4, 0.5) is 17.2 Å². The standard InChI is InChI=1S/C13H10BrN3O4/c1-7-2-3-9(14)10(4-7)16-12-5-8(13(18)19)11(6-15-12)17(20)21/h2-6H,1H3,(H,15,16)(H,18,19). The molecule has 1 heterocycles. The van der Waals surface area contributed by atoms with Gasteiger partial charge in [-0.15, -0.1) is 0 Å². The van der Waals surface area contributed by atoms with Gasteiger partial charge in [-0.2, -0.15) is 0 Å². The zero-order chi connectivity index (χ0) is 15.6. The predicted octanol–water partition coefficient (Wildman–Crippen LogP) is 3.50. The van der Waals surface area contributed by atoms with Crippen LogP contribution in [-0.2, 0) is 0 Å². The summed E-state index contributed by atoms with van der Waals surface area (Å²) in [4.78, 5) is 24.9. The Labute approximate surface area is 127 Å². The molecule has 0 fully saturated rings. The summed E-state index contributed by atoms with van der Waals surface area (Å²) in [6.07, 6.45) is 0.926. The van der Waals surface area contributed by atoms with Gasteiger partial charge < -0.3 is 10.4 Å². The zero-order valence-corrected chi connectivity index (χ0v) is 12.4. The minimum absolute atomic E-state index is 0.212. The SMILES string of the molecule is Cc1ccc(Br)c(Nc2cc(C(=O)O)c([N+](=O)[O-])cn2)c1. The fourth-order valence-electron chi connectivity index (χ4n) is 1.71. The Balaban J connectivity index is 2.41. The molecular weight excluding hydrogens is 342 g/mol. The third-order valence-corrected chi connectivity index (χ3v) is 3.39. The fourth-order valence-corrected chi connectivity index (χ4v) is 2.05. The van der Waals surface area contributed by atoms with E-state index in [1.54, 1.807) is 0 Å². The summed E-state index contributed by atoms with van der Waals surface area (Å²) < 4.78 is 0.769. The number of nitrogens with zero attached hydrogens (tertiary/aromatic N) is 2. The molecule has 0 amide bonds.